The summed E-state index contributed by atoms with van der Waals surface area (Å²) in [5.74, 6) is 0. The van der Waals surface area contributed by atoms with Crippen molar-refractivity contribution in [2.45, 2.75) is 25.9 Å². The van der Waals surface area contributed by atoms with Crippen LogP contribution < -0.4 is 10.8 Å². The number of hydrogen-bond acceptors (Lipinski definition) is 3. The molecule has 27 heavy (non-hydrogen) atoms. The predicted molar refractivity (Wildman–Crippen MR) is 111 cm³/mol. The molecule has 4 heteroatoms. The highest BCUT2D eigenvalue weighted by atomic mass is 16.5. The second kappa shape index (κ2) is 6.32. The molecular formula is C23H22N2O2. The summed E-state index contributed by atoms with van der Waals surface area (Å²) in [6, 6.07) is 5.88. The SMILES string of the molecule is C=CC(C)(/C=C\c1nc2c3c4c(cccc4c(=O)n2c1C)=CC=CC3)OC. The van der Waals surface area contributed by atoms with Gasteiger partial charge in [-0.25, -0.2) is 4.98 Å². The van der Waals surface area contributed by atoms with Crippen LogP contribution in [0.4, 0.5) is 0 Å². The van der Waals surface area contributed by atoms with Crippen molar-refractivity contribution in [3.8, 4) is 0 Å². The van der Waals surface area contributed by atoms with E-state index in [0.717, 1.165) is 45.0 Å². The van der Waals surface area contributed by atoms with E-state index in [9.17, 15) is 4.79 Å². The average Bonchev–Trinajstić information content (AvgIpc) is 2.87. The molecule has 0 fully saturated rings. The Morgan fingerprint density at radius 2 is 2.19 bits per heavy atom. The lowest BCUT2D eigenvalue weighted by Gasteiger charge is -2.18. The first-order valence-electron chi connectivity index (χ1n) is 9.00. The Balaban J connectivity index is 2.06. The van der Waals surface area contributed by atoms with Crippen LogP contribution in [0.3, 0.4) is 0 Å². The Labute approximate surface area is 157 Å². The standard InChI is InChI=1S/C23H22N2O2/c1-5-23(3,27-4)14-13-19-15(2)25-21(24-19)17-11-7-6-9-16-10-8-12-18(20(16)17)22(25)26/h5-10,12-14H,1,11H2,2-4H3/b14-13-. The van der Waals surface area contributed by atoms with Gasteiger partial charge in [0.15, 0.2) is 0 Å². The molecule has 0 bridgehead atoms. The van der Waals surface area contributed by atoms with Gasteiger partial charge in [-0.05, 0) is 43.7 Å². The van der Waals surface area contributed by atoms with E-state index in [4.69, 9.17) is 9.72 Å². The minimum atomic E-state index is -0.580. The lowest BCUT2D eigenvalue weighted by Crippen LogP contribution is -2.20. The average molecular weight is 358 g/mol. The molecule has 1 aliphatic rings. The number of allylic oxidation sites excluding steroid dienone is 2. The third-order valence-corrected chi connectivity index (χ3v) is 5.40. The van der Waals surface area contributed by atoms with Gasteiger partial charge in [-0.3, -0.25) is 9.20 Å². The summed E-state index contributed by atoms with van der Waals surface area (Å²) in [5, 5.41) is 2.80. The molecule has 0 saturated heterocycles. The number of ether oxygens (including phenoxy) is 1. The molecule has 0 N–H and O–H groups in total. The van der Waals surface area contributed by atoms with E-state index in [2.05, 4.69) is 18.7 Å². The zero-order valence-corrected chi connectivity index (χ0v) is 15.8. The smallest absolute Gasteiger partial charge is 0.264 e. The van der Waals surface area contributed by atoms with Crippen molar-refractivity contribution < 1.29 is 4.74 Å². The van der Waals surface area contributed by atoms with E-state index in [-0.39, 0.29) is 5.56 Å². The van der Waals surface area contributed by atoms with Crippen LogP contribution >= 0.6 is 0 Å². The molecular weight excluding hydrogens is 336 g/mol. The molecule has 0 aliphatic heterocycles. The van der Waals surface area contributed by atoms with Gasteiger partial charge in [0.05, 0.1) is 11.4 Å². The molecule has 1 aliphatic carbocycles. The Kier molecular flexibility index (Phi) is 4.08. The van der Waals surface area contributed by atoms with E-state index in [1.54, 1.807) is 17.6 Å². The molecule has 136 valence electrons. The number of aromatic nitrogens is 2. The maximum Gasteiger partial charge on any atom is 0.264 e. The Morgan fingerprint density at radius 1 is 1.37 bits per heavy atom. The number of aryl methyl sites for hydroxylation is 1. The van der Waals surface area contributed by atoms with Crippen molar-refractivity contribution in [3.05, 3.63) is 81.6 Å². The molecule has 4 nitrogen and oxygen atoms in total. The molecule has 0 radical (unpaired) electrons. The highest BCUT2D eigenvalue weighted by Gasteiger charge is 2.19. The molecule has 4 rings (SSSR count). The van der Waals surface area contributed by atoms with Gasteiger partial charge in [-0.1, -0.05) is 43.0 Å². The maximum atomic E-state index is 13.2. The summed E-state index contributed by atoms with van der Waals surface area (Å²) in [7, 11) is 1.64. The molecule has 1 unspecified atom stereocenters. The zero-order valence-electron chi connectivity index (χ0n) is 15.8. The molecule has 0 spiro atoms. The minimum Gasteiger partial charge on any atom is -0.370 e. The van der Waals surface area contributed by atoms with Crippen molar-refractivity contribution in [2.24, 2.45) is 0 Å². The summed E-state index contributed by atoms with van der Waals surface area (Å²) in [6.07, 6.45) is 12.5. The number of rotatable bonds is 4. The number of hydrogen-bond donors (Lipinski definition) is 0. The second-order valence-electron chi connectivity index (χ2n) is 7.02. The lowest BCUT2D eigenvalue weighted by molar-refractivity contribution is 0.0917. The first-order valence-corrected chi connectivity index (χ1v) is 9.00. The number of benzene rings is 1. The molecule has 0 amide bonds. The Morgan fingerprint density at radius 3 is 2.93 bits per heavy atom. The van der Waals surface area contributed by atoms with E-state index in [0.29, 0.717) is 0 Å². The van der Waals surface area contributed by atoms with Gasteiger partial charge in [0.1, 0.15) is 11.2 Å². The van der Waals surface area contributed by atoms with Gasteiger partial charge in [-0.2, -0.15) is 0 Å². The van der Waals surface area contributed by atoms with Crippen LogP contribution in [0.25, 0.3) is 28.6 Å². The first-order chi connectivity index (χ1) is 13.0. The molecule has 2 heterocycles. The lowest BCUT2D eigenvalue weighted by atomic mass is 10.0. The summed E-state index contributed by atoms with van der Waals surface area (Å²) in [6.45, 7) is 7.68. The fraction of sp³-hybridized carbons (Fsp3) is 0.217. The van der Waals surface area contributed by atoms with Crippen molar-refractivity contribution >= 4 is 28.6 Å². The quantitative estimate of drug-likeness (QED) is 0.672. The van der Waals surface area contributed by atoms with Crippen LogP contribution in [0, 0.1) is 6.92 Å². The monoisotopic (exact) mass is 358 g/mol. The van der Waals surface area contributed by atoms with Crippen LogP contribution in [0.15, 0.2) is 53.9 Å². The summed E-state index contributed by atoms with van der Waals surface area (Å²) < 4.78 is 7.22. The van der Waals surface area contributed by atoms with Gasteiger partial charge in [0.25, 0.3) is 5.56 Å². The van der Waals surface area contributed by atoms with Gasteiger partial charge >= 0.3 is 0 Å². The summed E-state index contributed by atoms with van der Waals surface area (Å²) in [5.41, 5.74) is 2.81. The van der Waals surface area contributed by atoms with Crippen molar-refractivity contribution in [3.63, 3.8) is 0 Å². The molecule has 1 aromatic carbocycles. The minimum absolute atomic E-state index is 0.0243. The van der Waals surface area contributed by atoms with Crippen molar-refractivity contribution in [1.29, 1.82) is 0 Å². The van der Waals surface area contributed by atoms with Gasteiger partial charge in [0.2, 0.25) is 0 Å². The number of pyridine rings is 1. The van der Waals surface area contributed by atoms with E-state index >= 15 is 0 Å². The third-order valence-electron chi connectivity index (χ3n) is 5.40. The predicted octanol–water partition coefficient (Wildman–Crippen LogP) is 3.37. The fourth-order valence-electron chi connectivity index (χ4n) is 3.60. The van der Waals surface area contributed by atoms with E-state index in [1.165, 1.54) is 0 Å². The zero-order chi connectivity index (χ0) is 19.2. The Hall–Kier alpha value is -2.98. The normalized spacial score (nSPS) is 15.8. The van der Waals surface area contributed by atoms with Crippen LogP contribution in [0.2, 0.25) is 0 Å². The second-order valence-corrected chi connectivity index (χ2v) is 7.02. The summed E-state index contributed by atoms with van der Waals surface area (Å²) >= 11 is 0. The highest BCUT2D eigenvalue weighted by Crippen LogP contribution is 2.24. The first kappa shape index (κ1) is 17.4. The van der Waals surface area contributed by atoms with Gasteiger partial charge in [-0.15, -0.1) is 0 Å². The van der Waals surface area contributed by atoms with Crippen molar-refractivity contribution in [1.82, 2.24) is 9.38 Å². The summed E-state index contributed by atoms with van der Waals surface area (Å²) in [4.78, 5) is 18.0. The fourth-order valence-corrected chi connectivity index (χ4v) is 3.60. The highest BCUT2D eigenvalue weighted by molar-refractivity contribution is 5.91. The topological polar surface area (TPSA) is 43.6 Å². The van der Waals surface area contributed by atoms with E-state index < -0.39 is 5.60 Å². The Bertz CT molecular complexity index is 1250. The number of methoxy groups -OCH3 is 1. The van der Waals surface area contributed by atoms with Crippen molar-refractivity contribution in [2.75, 3.05) is 7.11 Å². The van der Waals surface area contributed by atoms with Crippen LogP contribution in [-0.4, -0.2) is 22.1 Å². The molecule has 2 aromatic heterocycles. The van der Waals surface area contributed by atoms with Crippen LogP contribution in [-0.2, 0) is 11.2 Å². The number of fused-ring (bicyclic) bond motifs is 2. The number of nitrogens with zero attached hydrogens (tertiary/aromatic N) is 2. The van der Waals surface area contributed by atoms with Crippen LogP contribution in [0.1, 0.15) is 23.9 Å². The maximum absolute atomic E-state index is 13.2. The van der Waals surface area contributed by atoms with Crippen LogP contribution in [0.5, 0.6) is 0 Å². The molecule has 3 aromatic rings. The largest absolute Gasteiger partial charge is 0.370 e. The third kappa shape index (κ3) is 2.64. The van der Waals surface area contributed by atoms with E-state index in [1.807, 2.05) is 50.3 Å². The number of imidazole rings is 1. The molecule has 1 atom stereocenters. The molecule has 0 saturated carbocycles. The van der Waals surface area contributed by atoms with Gasteiger partial charge < -0.3 is 4.74 Å². The van der Waals surface area contributed by atoms with Gasteiger partial charge in [0, 0.05) is 23.4 Å².